The average molecular weight is 601 g/mol. The molecule has 2 aliphatic carbocycles. The maximum Gasteiger partial charge on any atom is 0.332 e. The van der Waals surface area contributed by atoms with Gasteiger partial charge >= 0.3 is 3.93 Å². The minimum atomic E-state index is -3.03. The van der Waals surface area contributed by atoms with E-state index in [-0.39, 0.29) is 35.6 Å². The minimum absolute atomic E-state index is 0.0551. The maximum atomic E-state index is 14.6. The number of amides is 1. The molecular formula is C23H30F2IN7O2. The summed E-state index contributed by atoms with van der Waals surface area (Å²) < 4.78 is 29.6. The summed E-state index contributed by atoms with van der Waals surface area (Å²) in [4.78, 5) is 32.0. The van der Waals surface area contributed by atoms with Gasteiger partial charge < -0.3 is 4.90 Å². The molecule has 2 saturated carbocycles. The molecule has 0 aromatic carbocycles. The van der Waals surface area contributed by atoms with Crippen LogP contribution in [0.25, 0.3) is 0 Å². The number of hydrogen-bond acceptors (Lipinski definition) is 7. The number of hydroxylamine groups is 1. The second kappa shape index (κ2) is 10.1. The number of alkyl halides is 3. The summed E-state index contributed by atoms with van der Waals surface area (Å²) in [6.07, 6.45) is 8.47. The minimum Gasteiger partial charge on any atom is -0.338 e. The van der Waals surface area contributed by atoms with Gasteiger partial charge in [-0.15, -0.1) is 0 Å². The Morgan fingerprint density at radius 1 is 1.14 bits per heavy atom. The Morgan fingerprint density at radius 3 is 2.60 bits per heavy atom. The summed E-state index contributed by atoms with van der Waals surface area (Å²) in [7, 11) is 0. The fourth-order valence-corrected chi connectivity index (χ4v) is 5.58. The Balaban J connectivity index is 1.35. The van der Waals surface area contributed by atoms with Gasteiger partial charge in [0.05, 0.1) is 30.9 Å². The van der Waals surface area contributed by atoms with Crippen LogP contribution in [0.3, 0.4) is 0 Å². The second-order valence-corrected chi connectivity index (χ2v) is 11.6. The summed E-state index contributed by atoms with van der Waals surface area (Å²) in [6, 6.07) is 1.27. The monoisotopic (exact) mass is 601 g/mol. The van der Waals surface area contributed by atoms with E-state index in [0.717, 1.165) is 38.5 Å². The van der Waals surface area contributed by atoms with Crippen LogP contribution in [0.15, 0.2) is 18.5 Å². The summed E-state index contributed by atoms with van der Waals surface area (Å²) in [5.41, 5.74) is -0.280. The Morgan fingerprint density at radius 2 is 1.89 bits per heavy atom. The van der Waals surface area contributed by atoms with Gasteiger partial charge in [0, 0.05) is 25.1 Å². The van der Waals surface area contributed by atoms with E-state index < -0.39 is 24.7 Å². The highest BCUT2D eigenvalue weighted by Gasteiger charge is 2.39. The number of halogens is 3. The molecule has 2 aromatic rings. The zero-order valence-corrected chi connectivity index (χ0v) is 21.9. The fraction of sp³-hybridized carbons (Fsp3) is 0.652. The smallest absolute Gasteiger partial charge is 0.332 e. The molecule has 35 heavy (non-hydrogen) atoms. The van der Waals surface area contributed by atoms with Crippen molar-refractivity contribution in [1.29, 1.82) is 0 Å². The lowest BCUT2D eigenvalue weighted by Crippen LogP contribution is -2.44. The van der Waals surface area contributed by atoms with Gasteiger partial charge in [-0.2, -0.15) is 23.8 Å². The summed E-state index contributed by atoms with van der Waals surface area (Å²) in [5.74, 6) is 0.766. The lowest BCUT2D eigenvalue weighted by atomic mass is 9.83. The molecule has 2 unspecified atom stereocenters. The van der Waals surface area contributed by atoms with E-state index in [1.54, 1.807) is 22.3 Å². The van der Waals surface area contributed by atoms with Crippen molar-refractivity contribution in [3.8, 4) is 0 Å². The van der Waals surface area contributed by atoms with E-state index >= 15 is 0 Å². The van der Waals surface area contributed by atoms with Crippen LogP contribution in [0, 0.1) is 5.92 Å². The molecule has 3 fully saturated rings. The highest BCUT2D eigenvalue weighted by molar-refractivity contribution is 14.2. The first-order chi connectivity index (χ1) is 16.9. The number of aromatic nitrogens is 5. The van der Waals surface area contributed by atoms with Gasteiger partial charge in [-0.25, -0.2) is 15.0 Å². The van der Waals surface area contributed by atoms with Gasteiger partial charge in [0.1, 0.15) is 17.6 Å². The van der Waals surface area contributed by atoms with Crippen molar-refractivity contribution in [2.75, 3.05) is 24.7 Å². The lowest BCUT2D eigenvalue weighted by molar-refractivity contribution is -0.139. The molecule has 9 nitrogen and oxygen atoms in total. The van der Waals surface area contributed by atoms with Crippen LogP contribution in [0.1, 0.15) is 68.9 Å². The first kappa shape index (κ1) is 24.6. The van der Waals surface area contributed by atoms with Gasteiger partial charge in [-0.3, -0.25) is 9.63 Å². The predicted molar refractivity (Wildman–Crippen MR) is 135 cm³/mol. The van der Waals surface area contributed by atoms with Crippen LogP contribution in [-0.4, -0.2) is 66.0 Å². The molecule has 3 atom stereocenters. The predicted octanol–water partition coefficient (Wildman–Crippen LogP) is 3.80. The molecule has 3 heterocycles. The Hall–Kier alpha value is -2.09. The number of nitrogens with zero attached hydrogens (tertiary/aromatic N) is 7. The van der Waals surface area contributed by atoms with Gasteiger partial charge in [0.25, 0.3) is 0 Å². The quantitative estimate of drug-likeness (QED) is 0.368. The average Bonchev–Trinajstić information content (AvgIpc) is 3.62. The van der Waals surface area contributed by atoms with Crippen molar-refractivity contribution < 1.29 is 18.4 Å². The number of carbonyl (C=O) groups is 1. The molecule has 190 valence electrons. The molecule has 12 heteroatoms. The normalized spacial score (nSPS) is 26.0. The van der Waals surface area contributed by atoms with Crippen molar-refractivity contribution in [2.45, 2.75) is 67.4 Å². The van der Waals surface area contributed by atoms with E-state index in [2.05, 4.69) is 24.7 Å². The molecule has 1 amide bonds. The molecule has 3 aliphatic rings. The SMILES string of the molecule is C=IC(F)(F)c1cc(N2CCN(C(=O)C3CCCCC3n3nccn3)C[C@H](C)O2)nc(C2CC2)n1. The molecule has 2 aromatic heterocycles. The first-order valence-corrected chi connectivity index (χ1v) is 14.7. The van der Waals surface area contributed by atoms with Crippen molar-refractivity contribution in [2.24, 2.45) is 5.92 Å². The third-order valence-electron chi connectivity index (χ3n) is 6.84. The maximum absolute atomic E-state index is 14.6. The molecule has 0 spiro atoms. The lowest BCUT2D eigenvalue weighted by Gasteiger charge is -2.33. The van der Waals surface area contributed by atoms with E-state index in [1.165, 1.54) is 6.07 Å². The molecule has 1 aliphatic heterocycles. The number of anilines is 1. The Labute approximate surface area is 212 Å². The summed E-state index contributed by atoms with van der Waals surface area (Å²) in [6.45, 7) is 3.04. The van der Waals surface area contributed by atoms with Crippen molar-refractivity contribution in [3.05, 3.63) is 30.0 Å². The molecule has 1 saturated heterocycles. The van der Waals surface area contributed by atoms with Crippen LogP contribution in [0.5, 0.6) is 0 Å². The zero-order chi connectivity index (χ0) is 24.6. The zero-order valence-electron chi connectivity index (χ0n) is 19.7. The standard InChI is InChI=1S/C23H30F2IN7O2/c1-15-14-31(22(34)17-5-3-4-6-18(17)33-27-9-10-28-33)11-12-32(35-15)20-13-19(23(24,25)26-2)29-21(30-20)16-7-8-16/h9-10,13,15-18H,2-8,11-12,14H2,1H3/t15-,17?,18?/m0/s1. The van der Waals surface area contributed by atoms with E-state index in [4.69, 9.17) is 4.84 Å². The second-order valence-electron chi connectivity index (χ2n) is 9.49. The molecule has 0 radical (unpaired) electrons. The highest BCUT2D eigenvalue weighted by Crippen LogP contribution is 2.43. The third kappa shape index (κ3) is 5.37. The van der Waals surface area contributed by atoms with Crippen LogP contribution < -0.4 is 5.06 Å². The highest BCUT2D eigenvalue weighted by atomic mass is 127. The van der Waals surface area contributed by atoms with E-state index in [9.17, 15) is 13.6 Å². The Bertz CT molecular complexity index is 1070. The van der Waals surface area contributed by atoms with Crippen LogP contribution in [0.4, 0.5) is 14.6 Å². The fourth-order valence-electron chi connectivity index (χ4n) is 4.91. The summed E-state index contributed by atoms with van der Waals surface area (Å²) in [5, 5.41) is 10.1. The van der Waals surface area contributed by atoms with Crippen LogP contribution in [-0.2, 0) is 13.6 Å². The number of rotatable bonds is 6. The summed E-state index contributed by atoms with van der Waals surface area (Å²) >= 11 is -1.62. The van der Waals surface area contributed by atoms with Crippen molar-refractivity contribution >= 4 is 37.0 Å². The number of carbonyl (C=O) groups excluding carboxylic acids is 1. The topological polar surface area (TPSA) is 89.3 Å². The largest absolute Gasteiger partial charge is 0.338 e. The molecule has 0 bridgehead atoms. The number of hydrogen-bond donors (Lipinski definition) is 0. The third-order valence-corrected chi connectivity index (χ3v) is 8.35. The molecule has 0 N–H and O–H groups in total. The molecule has 5 rings (SSSR count). The van der Waals surface area contributed by atoms with Gasteiger partial charge in [0.2, 0.25) is 5.91 Å². The van der Waals surface area contributed by atoms with E-state index in [0.29, 0.717) is 31.3 Å². The molecular weight excluding hydrogens is 571 g/mol. The van der Waals surface area contributed by atoms with Gasteiger partial charge in [-0.1, -0.05) is 17.4 Å². The van der Waals surface area contributed by atoms with E-state index in [1.807, 2.05) is 11.8 Å². The van der Waals surface area contributed by atoms with Crippen molar-refractivity contribution in [1.82, 2.24) is 29.9 Å². The van der Waals surface area contributed by atoms with Gasteiger partial charge in [-0.05, 0) is 53.3 Å². The van der Waals surface area contributed by atoms with Crippen LogP contribution >= 0.6 is 20.7 Å². The van der Waals surface area contributed by atoms with Crippen molar-refractivity contribution in [3.63, 3.8) is 0 Å². The Kier molecular flexibility index (Phi) is 7.11. The first-order valence-electron chi connectivity index (χ1n) is 12.1. The van der Waals surface area contributed by atoms with Gasteiger partial charge in [0.15, 0.2) is 5.82 Å². The van der Waals surface area contributed by atoms with Crippen LogP contribution in [0.2, 0.25) is 0 Å².